The van der Waals surface area contributed by atoms with E-state index in [0.717, 1.165) is 37.9 Å². The van der Waals surface area contributed by atoms with Crippen molar-refractivity contribution in [2.45, 2.75) is 19.9 Å². The molecule has 7 heteroatoms. The number of carboxylic acid groups (broad SMARTS) is 1. The van der Waals surface area contributed by atoms with Crippen LogP contribution in [0, 0.1) is 5.92 Å². The molecule has 21 heavy (non-hydrogen) atoms. The summed E-state index contributed by atoms with van der Waals surface area (Å²) in [6.07, 6.45) is 0. The number of nitrogens with one attached hydrogen (secondary N) is 1. The van der Waals surface area contributed by atoms with Gasteiger partial charge in [0.25, 0.3) is 0 Å². The van der Waals surface area contributed by atoms with Gasteiger partial charge in [0.05, 0.1) is 11.5 Å². The van der Waals surface area contributed by atoms with E-state index in [1.807, 2.05) is 0 Å². The van der Waals surface area contributed by atoms with E-state index in [-0.39, 0.29) is 17.4 Å². The second kappa shape index (κ2) is 9.27. The minimum Gasteiger partial charge on any atom is -0.481 e. The van der Waals surface area contributed by atoms with Crippen LogP contribution in [0.5, 0.6) is 0 Å². The number of hydrogen-bond donors (Lipinski definition) is 2. The quantitative estimate of drug-likeness (QED) is 0.666. The van der Waals surface area contributed by atoms with Gasteiger partial charge >= 0.3 is 5.97 Å². The molecule has 1 amide bonds. The number of hydrogen-bond acceptors (Lipinski definition) is 5. The number of nitrogens with zero attached hydrogens (tertiary/aromatic N) is 2. The van der Waals surface area contributed by atoms with E-state index in [9.17, 15) is 9.59 Å². The highest BCUT2D eigenvalue weighted by Gasteiger charge is 2.25. The SMILES string of the molecule is CC(C)C(CNC(=O)CSCC(=O)O)N1CCN(C)CC1. The molecule has 0 radical (unpaired) electrons. The van der Waals surface area contributed by atoms with Gasteiger partial charge in [0, 0.05) is 38.8 Å². The molecule has 0 spiro atoms. The smallest absolute Gasteiger partial charge is 0.313 e. The molecule has 1 rings (SSSR count). The summed E-state index contributed by atoms with van der Waals surface area (Å²) in [5.41, 5.74) is 0. The highest BCUT2D eigenvalue weighted by molar-refractivity contribution is 8.00. The van der Waals surface area contributed by atoms with Crippen molar-refractivity contribution in [2.24, 2.45) is 5.92 Å². The van der Waals surface area contributed by atoms with E-state index in [1.165, 1.54) is 0 Å². The number of carboxylic acids is 1. The lowest BCUT2D eigenvalue weighted by atomic mass is 10.0. The molecular formula is C14H27N3O3S. The Morgan fingerprint density at radius 1 is 1.19 bits per heavy atom. The fraction of sp³-hybridized carbons (Fsp3) is 0.857. The maximum absolute atomic E-state index is 11.7. The molecule has 0 aromatic carbocycles. The third-order valence-electron chi connectivity index (χ3n) is 3.74. The minimum absolute atomic E-state index is 0.0283. The summed E-state index contributed by atoms with van der Waals surface area (Å²) in [5, 5.41) is 11.5. The molecule has 2 N–H and O–H groups in total. The van der Waals surface area contributed by atoms with E-state index in [4.69, 9.17) is 5.11 Å². The van der Waals surface area contributed by atoms with Crippen molar-refractivity contribution in [1.29, 1.82) is 0 Å². The minimum atomic E-state index is -0.884. The van der Waals surface area contributed by atoms with Crippen molar-refractivity contribution < 1.29 is 14.7 Å². The van der Waals surface area contributed by atoms with Gasteiger partial charge in [-0.1, -0.05) is 13.8 Å². The van der Waals surface area contributed by atoms with Gasteiger partial charge in [-0.15, -0.1) is 11.8 Å². The lowest BCUT2D eigenvalue weighted by molar-refractivity contribution is -0.133. The lowest BCUT2D eigenvalue weighted by Crippen LogP contribution is -2.54. The number of aliphatic carboxylic acids is 1. The normalized spacial score (nSPS) is 18.7. The number of piperazine rings is 1. The molecule has 0 aromatic rings. The fourth-order valence-electron chi connectivity index (χ4n) is 2.44. The molecule has 1 aliphatic heterocycles. The number of carbonyl (C=O) groups is 2. The van der Waals surface area contributed by atoms with Crippen LogP contribution in [-0.4, -0.2) is 84.1 Å². The Bertz CT molecular complexity index is 344. The molecular weight excluding hydrogens is 290 g/mol. The molecule has 1 aliphatic rings. The number of thioether (sulfide) groups is 1. The number of carbonyl (C=O) groups excluding carboxylic acids is 1. The first-order valence-electron chi connectivity index (χ1n) is 7.39. The Balaban J connectivity index is 2.34. The predicted octanol–water partition coefficient (Wildman–Crippen LogP) is 0.192. The molecule has 0 aliphatic carbocycles. The second-order valence-electron chi connectivity index (χ2n) is 5.84. The van der Waals surface area contributed by atoms with Gasteiger partial charge in [-0.05, 0) is 13.0 Å². The zero-order valence-corrected chi connectivity index (χ0v) is 14.0. The van der Waals surface area contributed by atoms with E-state index >= 15 is 0 Å². The molecule has 1 heterocycles. The van der Waals surface area contributed by atoms with Gasteiger partial charge in [0.1, 0.15) is 0 Å². The summed E-state index contributed by atoms with van der Waals surface area (Å²) >= 11 is 1.13. The molecule has 122 valence electrons. The molecule has 6 nitrogen and oxygen atoms in total. The third-order valence-corrected chi connectivity index (χ3v) is 4.66. The monoisotopic (exact) mass is 317 g/mol. The van der Waals surface area contributed by atoms with Crippen LogP contribution in [0.2, 0.25) is 0 Å². The summed E-state index contributed by atoms with van der Waals surface area (Å²) < 4.78 is 0. The highest BCUT2D eigenvalue weighted by Crippen LogP contribution is 2.13. The van der Waals surface area contributed by atoms with Crippen LogP contribution < -0.4 is 5.32 Å². The lowest BCUT2D eigenvalue weighted by Gasteiger charge is -2.39. The van der Waals surface area contributed by atoms with Crippen LogP contribution in [0.25, 0.3) is 0 Å². The summed E-state index contributed by atoms with van der Waals surface area (Å²) in [4.78, 5) is 26.9. The summed E-state index contributed by atoms with van der Waals surface area (Å²) in [5.74, 6) is -0.314. The summed E-state index contributed by atoms with van der Waals surface area (Å²) in [6.45, 7) is 9.17. The third kappa shape index (κ3) is 7.15. The Hall–Kier alpha value is -0.790. The van der Waals surface area contributed by atoms with Crippen molar-refractivity contribution in [1.82, 2.24) is 15.1 Å². The topological polar surface area (TPSA) is 72.9 Å². The first-order valence-corrected chi connectivity index (χ1v) is 8.54. The van der Waals surface area contributed by atoms with Crippen LogP contribution in [0.3, 0.4) is 0 Å². The average molecular weight is 317 g/mol. The molecule has 1 unspecified atom stereocenters. The van der Waals surface area contributed by atoms with E-state index in [2.05, 4.69) is 36.0 Å². The van der Waals surface area contributed by atoms with Crippen LogP contribution in [-0.2, 0) is 9.59 Å². The maximum atomic E-state index is 11.7. The van der Waals surface area contributed by atoms with Gasteiger partial charge in [-0.3, -0.25) is 14.5 Å². The highest BCUT2D eigenvalue weighted by atomic mass is 32.2. The Kier molecular flexibility index (Phi) is 8.06. The van der Waals surface area contributed by atoms with Crippen molar-refractivity contribution in [2.75, 3.05) is 51.3 Å². The molecule has 0 saturated carbocycles. The Labute approximate surface area is 131 Å². The second-order valence-corrected chi connectivity index (χ2v) is 6.83. The van der Waals surface area contributed by atoms with E-state index in [1.54, 1.807) is 0 Å². The average Bonchev–Trinajstić information content (AvgIpc) is 2.40. The molecule has 1 atom stereocenters. The Morgan fingerprint density at radius 2 is 1.81 bits per heavy atom. The van der Waals surface area contributed by atoms with Crippen molar-refractivity contribution in [3.05, 3.63) is 0 Å². The predicted molar refractivity (Wildman–Crippen MR) is 85.7 cm³/mol. The first kappa shape index (κ1) is 18.3. The standard InChI is InChI=1S/C14H27N3O3S/c1-11(2)12(17-6-4-16(3)5-7-17)8-15-13(18)9-21-10-14(19)20/h11-12H,4-10H2,1-3H3,(H,15,18)(H,19,20). The largest absolute Gasteiger partial charge is 0.481 e. The number of rotatable bonds is 8. The van der Waals surface area contributed by atoms with Gasteiger partial charge in [0.2, 0.25) is 5.91 Å². The maximum Gasteiger partial charge on any atom is 0.313 e. The molecule has 0 bridgehead atoms. The fourth-order valence-corrected chi connectivity index (χ4v) is 3.00. The van der Waals surface area contributed by atoms with Gasteiger partial charge < -0.3 is 15.3 Å². The van der Waals surface area contributed by atoms with Crippen LogP contribution in [0.4, 0.5) is 0 Å². The Morgan fingerprint density at radius 3 is 2.33 bits per heavy atom. The van der Waals surface area contributed by atoms with Gasteiger partial charge in [0.15, 0.2) is 0 Å². The van der Waals surface area contributed by atoms with Gasteiger partial charge in [-0.25, -0.2) is 0 Å². The summed E-state index contributed by atoms with van der Waals surface area (Å²) in [7, 11) is 2.13. The summed E-state index contributed by atoms with van der Waals surface area (Å²) in [6, 6.07) is 0.340. The molecule has 1 saturated heterocycles. The van der Waals surface area contributed by atoms with Crippen molar-refractivity contribution >= 4 is 23.6 Å². The molecule has 1 fully saturated rings. The van der Waals surface area contributed by atoms with Crippen molar-refractivity contribution in [3.8, 4) is 0 Å². The van der Waals surface area contributed by atoms with E-state index < -0.39 is 5.97 Å². The van der Waals surface area contributed by atoms with Crippen LogP contribution >= 0.6 is 11.8 Å². The zero-order chi connectivity index (χ0) is 15.8. The van der Waals surface area contributed by atoms with E-state index in [0.29, 0.717) is 18.5 Å². The van der Waals surface area contributed by atoms with Crippen molar-refractivity contribution in [3.63, 3.8) is 0 Å². The number of amides is 1. The van der Waals surface area contributed by atoms with Crippen LogP contribution in [0.15, 0.2) is 0 Å². The molecule has 0 aromatic heterocycles. The first-order chi connectivity index (χ1) is 9.90. The van der Waals surface area contributed by atoms with Gasteiger partial charge in [-0.2, -0.15) is 0 Å². The van der Waals surface area contributed by atoms with Crippen LogP contribution in [0.1, 0.15) is 13.8 Å². The zero-order valence-electron chi connectivity index (χ0n) is 13.2. The number of likely N-dealkylation sites (N-methyl/N-ethyl adjacent to an activating group) is 1.